The highest BCUT2D eigenvalue weighted by Gasteiger charge is 2.34. The standard InChI is InChI=1S/C17H20N2O4/c20-14(10-19-15(21)5-6-16(19)22)18-11-17(23)8-7-12-3-1-2-4-13(12)9-17/h1-4,23H,5-11H2,(H,18,20)/t17-/m0/s1. The topological polar surface area (TPSA) is 86.7 Å². The zero-order valence-corrected chi connectivity index (χ0v) is 12.9. The van der Waals surface area contributed by atoms with E-state index >= 15 is 0 Å². The molecule has 1 aliphatic heterocycles. The van der Waals surface area contributed by atoms with Gasteiger partial charge >= 0.3 is 0 Å². The molecule has 6 nitrogen and oxygen atoms in total. The molecule has 0 unspecified atom stereocenters. The fourth-order valence-electron chi connectivity index (χ4n) is 3.20. The number of benzene rings is 1. The number of hydrogen-bond donors (Lipinski definition) is 2. The van der Waals surface area contributed by atoms with E-state index in [1.54, 1.807) is 0 Å². The van der Waals surface area contributed by atoms with Crippen molar-refractivity contribution in [2.24, 2.45) is 0 Å². The van der Waals surface area contributed by atoms with Gasteiger partial charge in [-0.05, 0) is 24.0 Å². The molecule has 0 radical (unpaired) electrons. The Labute approximate surface area is 134 Å². The SMILES string of the molecule is O=C(CN1C(=O)CCC1=O)NC[C@]1(O)CCc2ccccc2C1. The second kappa shape index (κ2) is 6.12. The minimum atomic E-state index is -0.983. The van der Waals surface area contributed by atoms with E-state index in [4.69, 9.17) is 0 Å². The zero-order chi connectivity index (χ0) is 16.4. The molecule has 3 rings (SSSR count). The third kappa shape index (κ3) is 3.42. The zero-order valence-electron chi connectivity index (χ0n) is 12.9. The highest BCUT2D eigenvalue weighted by Crippen LogP contribution is 2.28. The Morgan fingerprint density at radius 1 is 1.13 bits per heavy atom. The van der Waals surface area contributed by atoms with Crippen LogP contribution in [0.2, 0.25) is 0 Å². The number of nitrogens with one attached hydrogen (secondary N) is 1. The van der Waals surface area contributed by atoms with Gasteiger partial charge in [0.25, 0.3) is 0 Å². The molecule has 6 heteroatoms. The average molecular weight is 316 g/mol. The summed E-state index contributed by atoms with van der Waals surface area (Å²) in [5.74, 6) is -1.04. The summed E-state index contributed by atoms with van der Waals surface area (Å²) in [6.45, 7) is -0.138. The molecule has 0 saturated carbocycles. The van der Waals surface area contributed by atoms with E-state index in [-0.39, 0.29) is 37.7 Å². The number of rotatable bonds is 4. The van der Waals surface area contributed by atoms with Crippen LogP contribution in [0.3, 0.4) is 0 Å². The van der Waals surface area contributed by atoms with Crippen molar-refractivity contribution in [3.05, 3.63) is 35.4 Å². The van der Waals surface area contributed by atoms with E-state index in [1.165, 1.54) is 5.56 Å². The molecule has 23 heavy (non-hydrogen) atoms. The van der Waals surface area contributed by atoms with Gasteiger partial charge in [-0.3, -0.25) is 19.3 Å². The minimum Gasteiger partial charge on any atom is -0.388 e. The summed E-state index contributed by atoms with van der Waals surface area (Å²) >= 11 is 0. The second-order valence-electron chi connectivity index (χ2n) is 6.32. The molecule has 0 aromatic heterocycles. The van der Waals surface area contributed by atoms with Crippen LogP contribution in [0, 0.1) is 0 Å². The van der Waals surface area contributed by atoms with E-state index in [0.29, 0.717) is 12.8 Å². The van der Waals surface area contributed by atoms with Gasteiger partial charge in [0.1, 0.15) is 6.54 Å². The summed E-state index contributed by atoms with van der Waals surface area (Å²) in [5.41, 5.74) is 1.35. The minimum absolute atomic E-state index is 0.121. The summed E-state index contributed by atoms with van der Waals surface area (Å²) in [6.07, 6.45) is 2.18. The van der Waals surface area contributed by atoms with Gasteiger partial charge in [0.05, 0.1) is 5.60 Å². The van der Waals surface area contributed by atoms with Gasteiger partial charge in [0, 0.05) is 25.8 Å². The van der Waals surface area contributed by atoms with Crippen LogP contribution in [-0.2, 0) is 27.2 Å². The summed E-state index contributed by atoms with van der Waals surface area (Å²) in [5, 5.41) is 13.3. The predicted octanol–water partition coefficient (Wildman–Crippen LogP) is 0.172. The van der Waals surface area contributed by atoms with E-state index in [9.17, 15) is 19.5 Å². The lowest BCUT2D eigenvalue weighted by Crippen LogP contribution is -2.49. The molecule has 3 amide bonds. The number of imide groups is 1. The van der Waals surface area contributed by atoms with E-state index in [2.05, 4.69) is 11.4 Å². The number of hydrogen-bond acceptors (Lipinski definition) is 4. The summed E-state index contributed by atoms with van der Waals surface area (Å²) in [6, 6.07) is 7.96. The molecule has 122 valence electrons. The first-order valence-electron chi connectivity index (χ1n) is 7.86. The number of carbonyl (C=O) groups is 3. The molecule has 0 bridgehead atoms. The molecule has 1 saturated heterocycles. The van der Waals surface area contributed by atoms with E-state index in [1.807, 2.05) is 18.2 Å². The molecule has 1 heterocycles. The monoisotopic (exact) mass is 316 g/mol. The first-order valence-corrected chi connectivity index (χ1v) is 7.86. The van der Waals surface area contributed by atoms with Crippen LogP contribution in [0.15, 0.2) is 24.3 Å². The Hall–Kier alpha value is -2.21. The lowest BCUT2D eigenvalue weighted by Gasteiger charge is -2.33. The fourth-order valence-corrected chi connectivity index (χ4v) is 3.20. The van der Waals surface area contributed by atoms with Gasteiger partial charge in [-0.1, -0.05) is 24.3 Å². The summed E-state index contributed by atoms with van der Waals surface area (Å²) < 4.78 is 0. The molecule has 1 atom stereocenters. The van der Waals surface area contributed by atoms with Crippen molar-refractivity contribution in [1.82, 2.24) is 10.2 Å². The Balaban J connectivity index is 1.55. The van der Waals surface area contributed by atoms with E-state index < -0.39 is 11.5 Å². The van der Waals surface area contributed by atoms with Gasteiger partial charge < -0.3 is 10.4 Å². The number of nitrogens with zero attached hydrogens (tertiary/aromatic N) is 1. The first-order chi connectivity index (χ1) is 11.0. The number of aryl methyl sites for hydroxylation is 1. The van der Waals surface area contributed by atoms with Crippen molar-refractivity contribution >= 4 is 17.7 Å². The lowest BCUT2D eigenvalue weighted by atomic mass is 9.80. The van der Waals surface area contributed by atoms with Crippen LogP contribution in [0.4, 0.5) is 0 Å². The number of carbonyl (C=O) groups excluding carboxylic acids is 3. The molecule has 1 fully saturated rings. The van der Waals surface area contributed by atoms with Gasteiger partial charge in [-0.15, -0.1) is 0 Å². The molecule has 1 aromatic rings. The van der Waals surface area contributed by atoms with Crippen molar-refractivity contribution in [3.63, 3.8) is 0 Å². The van der Waals surface area contributed by atoms with Gasteiger partial charge in [-0.25, -0.2) is 0 Å². The number of likely N-dealkylation sites (tertiary alicyclic amines) is 1. The largest absolute Gasteiger partial charge is 0.388 e. The normalized spacial score (nSPS) is 23.8. The van der Waals surface area contributed by atoms with Crippen LogP contribution in [0.5, 0.6) is 0 Å². The van der Waals surface area contributed by atoms with Crippen LogP contribution in [0.25, 0.3) is 0 Å². The maximum absolute atomic E-state index is 12.0. The fraction of sp³-hybridized carbons (Fsp3) is 0.471. The predicted molar refractivity (Wildman–Crippen MR) is 82.4 cm³/mol. The highest BCUT2D eigenvalue weighted by atomic mass is 16.3. The number of aliphatic hydroxyl groups is 1. The molecular weight excluding hydrogens is 296 g/mol. The Kier molecular flexibility index (Phi) is 4.17. The van der Waals surface area contributed by atoms with Crippen molar-refractivity contribution in [3.8, 4) is 0 Å². The number of amides is 3. The smallest absolute Gasteiger partial charge is 0.240 e. The van der Waals surface area contributed by atoms with Crippen molar-refractivity contribution < 1.29 is 19.5 Å². The Morgan fingerprint density at radius 2 is 1.78 bits per heavy atom. The highest BCUT2D eigenvalue weighted by molar-refractivity contribution is 6.04. The molecule has 2 aliphatic rings. The van der Waals surface area contributed by atoms with Crippen molar-refractivity contribution in [1.29, 1.82) is 0 Å². The summed E-state index contributed by atoms with van der Waals surface area (Å²) in [4.78, 5) is 35.9. The third-order valence-electron chi connectivity index (χ3n) is 4.57. The van der Waals surface area contributed by atoms with Crippen LogP contribution in [0.1, 0.15) is 30.4 Å². The van der Waals surface area contributed by atoms with Crippen molar-refractivity contribution in [2.45, 2.75) is 37.7 Å². The molecule has 1 aliphatic carbocycles. The molecule has 2 N–H and O–H groups in total. The molecule has 1 aromatic carbocycles. The van der Waals surface area contributed by atoms with E-state index in [0.717, 1.165) is 16.9 Å². The Morgan fingerprint density at radius 3 is 2.48 bits per heavy atom. The summed E-state index contributed by atoms with van der Waals surface area (Å²) in [7, 11) is 0. The van der Waals surface area contributed by atoms with Crippen LogP contribution >= 0.6 is 0 Å². The number of fused-ring (bicyclic) bond motifs is 1. The lowest BCUT2D eigenvalue weighted by molar-refractivity contribution is -0.142. The Bertz CT molecular complexity index is 642. The maximum atomic E-state index is 12.0. The second-order valence-corrected chi connectivity index (χ2v) is 6.32. The quantitative estimate of drug-likeness (QED) is 0.775. The molecule has 0 spiro atoms. The van der Waals surface area contributed by atoms with Crippen LogP contribution < -0.4 is 5.32 Å². The maximum Gasteiger partial charge on any atom is 0.240 e. The first kappa shape index (κ1) is 15.7. The van der Waals surface area contributed by atoms with Gasteiger partial charge in [-0.2, -0.15) is 0 Å². The molecular formula is C17H20N2O4. The third-order valence-corrected chi connectivity index (χ3v) is 4.57. The van der Waals surface area contributed by atoms with Crippen LogP contribution in [-0.4, -0.2) is 46.4 Å². The van der Waals surface area contributed by atoms with Gasteiger partial charge in [0.2, 0.25) is 17.7 Å². The van der Waals surface area contributed by atoms with Gasteiger partial charge in [0.15, 0.2) is 0 Å². The average Bonchev–Trinajstić information content (AvgIpc) is 2.85. The van der Waals surface area contributed by atoms with Crippen molar-refractivity contribution in [2.75, 3.05) is 13.1 Å².